The van der Waals surface area contributed by atoms with Gasteiger partial charge in [-0.15, -0.1) is 0 Å². The Balaban J connectivity index is 1.58. The normalized spacial score (nSPS) is 28.1. The van der Waals surface area contributed by atoms with Crippen LogP contribution in [0.25, 0.3) is 0 Å². The number of sulfonamides is 1. The molecule has 1 saturated carbocycles. The second-order valence-corrected chi connectivity index (χ2v) is 9.33. The monoisotopic (exact) mass is 416 g/mol. The molecule has 2 aliphatic heterocycles. The van der Waals surface area contributed by atoms with E-state index in [1.54, 1.807) is 0 Å². The third kappa shape index (κ3) is 3.54. The van der Waals surface area contributed by atoms with Crippen molar-refractivity contribution < 1.29 is 31.5 Å². The van der Waals surface area contributed by atoms with E-state index in [-0.39, 0.29) is 45.7 Å². The summed E-state index contributed by atoms with van der Waals surface area (Å²) in [4.78, 5) is 13.4. The lowest BCUT2D eigenvalue weighted by Gasteiger charge is -2.42. The summed E-state index contributed by atoms with van der Waals surface area (Å²) in [6, 6.07) is 5.15. The molecule has 4 rings (SSSR count). The summed E-state index contributed by atoms with van der Waals surface area (Å²) >= 11 is 0. The van der Waals surface area contributed by atoms with Crippen molar-refractivity contribution in [2.24, 2.45) is 0 Å². The molecule has 1 unspecified atom stereocenters. The number of rotatable bonds is 3. The molecule has 1 atom stereocenters. The van der Waals surface area contributed by atoms with Gasteiger partial charge in [0.2, 0.25) is 10.0 Å². The van der Waals surface area contributed by atoms with Crippen LogP contribution >= 0.6 is 0 Å². The fourth-order valence-electron chi connectivity index (χ4n) is 3.62. The number of carbonyl (C=O) groups is 1. The standard InChI is InChI=1S/C18H22F2N2O5S/c19-14-4-1-2-5-15(14)28(24,25)22-9-11-27-18(13-22)12-21(8-3-10-26-18)16(23)17(20)6-7-17/h1-2,4-5H,3,6-13H2. The first kappa shape index (κ1) is 19.7. The van der Waals surface area contributed by atoms with E-state index in [1.807, 2.05) is 0 Å². The zero-order valence-electron chi connectivity index (χ0n) is 15.3. The van der Waals surface area contributed by atoms with Crippen LogP contribution in [0.5, 0.6) is 0 Å². The second-order valence-electron chi connectivity index (χ2n) is 7.42. The molecule has 3 fully saturated rings. The number of hydrogen-bond acceptors (Lipinski definition) is 5. The first-order valence-electron chi connectivity index (χ1n) is 9.27. The molecule has 1 amide bonds. The van der Waals surface area contributed by atoms with E-state index in [0.717, 1.165) is 10.4 Å². The molecule has 7 nitrogen and oxygen atoms in total. The maximum atomic E-state index is 14.3. The van der Waals surface area contributed by atoms with Crippen LogP contribution in [0.2, 0.25) is 0 Å². The average Bonchev–Trinajstić information content (AvgIpc) is 3.45. The zero-order valence-corrected chi connectivity index (χ0v) is 16.1. The van der Waals surface area contributed by atoms with Gasteiger partial charge < -0.3 is 14.4 Å². The molecule has 154 valence electrons. The predicted molar refractivity (Wildman–Crippen MR) is 94.1 cm³/mol. The van der Waals surface area contributed by atoms with Gasteiger partial charge in [0, 0.05) is 13.1 Å². The number of morpholine rings is 1. The summed E-state index contributed by atoms with van der Waals surface area (Å²) in [6.45, 7) is 0.346. The molecule has 10 heteroatoms. The van der Waals surface area contributed by atoms with Gasteiger partial charge in [-0.3, -0.25) is 4.79 Å². The van der Waals surface area contributed by atoms with Crippen LogP contribution in [-0.4, -0.2) is 74.4 Å². The molecule has 1 spiro atoms. The average molecular weight is 416 g/mol. The summed E-state index contributed by atoms with van der Waals surface area (Å²) in [7, 11) is -4.11. The van der Waals surface area contributed by atoms with Crippen molar-refractivity contribution in [2.75, 3.05) is 39.4 Å². The molecule has 2 heterocycles. The minimum atomic E-state index is -4.11. The highest BCUT2D eigenvalue weighted by Gasteiger charge is 2.55. The number of benzene rings is 1. The molecule has 1 aliphatic carbocycles. The Morgan fingerprint density at radius 1 is 1.07 bits per heavy atom. The van der Waals surface area contributed by atoms with Crippen molar-refractivity contribution in [1.82, 2.24) is 9.21 Å². The van der Waals surface area contributed by atoms with Crippen LogP contribution in [0.15, 0.2) is 29.2 Å². The summed E-state index contributed by atoms with van der Waals surface area (Å²) in [5.74, 6) is -2.83. The van der Waals surface area contributed by atoms with E-state index in [1.165, 1.54) is 23.1 Å². The van der Waals surface area contributed by atoms with Crippen molar-refractivity contribution in [3.8, 4) is 0 Å². The van der Waals surface area contributed by atoms with E-state index in [2.05, 4.69) is 0 Å². The fourth-order valence-corrected chi connectivity index (χ4v) is 5.14. The lowest BCUT2D eigenvalue weighted by molar-refractivity contribution is -0.257. The van der Waals surface area contributed by atoms with Gasteiger partial charge in [-0.2, -0.15) is 4.31 Å². The van der Waals surface area contributed by atoms with Gasteiger partial charge in [-0.25, -0.2) is 17.2 Å². The van der Waals surface area contributed by atoms with E-state index in [4.69, 9.17) is 9.47 Å². The smallest absolute Gasteiger partial charge is 0.260 e. The zero-order chi connectivity index (χ0) is 20.0. The van der Waals surface area contributed by atoms with Crippen molar-refractivity contribution in [3.63, 3.8) is 0 Å². The van der Waals surface area contributed by atoms with Crippen LogP contribution in [0.1, 0.15) is 19.3 Å². The van der Waals surface area contributed by atoms with Gasteiger partial charge in [-0.05, 0) is 31.4 Å². The van der Waals surface area contributed by atoms with Gasteiger partial charge in [-0.1, -0.05) is 12.1 Å². The highest BCUT2D eigenvalue weighted by Crippen LogP contribution is 2.42. The second kappa shape index (κ2) is 7.01. The molecule has 0 radical (unpaired) electrons. The van der Waals surface area contributed by atoms with E-state index in [9.17, 15) is 22.0 Å². The molecule has 2 saturated heterocycles. The number of ether oxygens (including phenoxy) is 2. The third-order valence-corrected chi connectivity index (χ3v) is 7.18. The number of hydrogen-bond donors (Lipinski definition) is 0. The van der Waals surface area contributed by atoms with Crippen LogP contribution in [-0.2, 0) is 24.3 Å². The minimum absolute atomic E-state index is 0.0243. The SMILES string of the molecule is O=C(N1CCCOC2(C1)CN(S(=O)(=O)c1ccccc1F)CCO2)C1(F)CC1. The maximum absolute atomic E-state index is 14.3. The van der Waals surface area contributed by atoms with Crippen molar-refractivity contribution in [1.29, 1.82) is 0 Å². The molecule has 0 bridgehead atoms. The number of nitrogens with zero attached hydrogens (tertiary/aromatic N) is 2. The van der Waals surface area contributed by atoms with Crippen LogP contribution in [0.3, 0.4) is 0 Å². The van der Waals surface area contributed by atoms with Gasteiger partial charge in [0.15, 0.2) is 11.5 Å². The highest BCUT2D eigenvalue weighted by atomic mass is 32.2. The Hall–Kier alpha value is -1.62. The number of alkyl halides is 1. The Morgan fingerprint density at radius 3 is 2.50 bits per heavy atom. The molecular formula is C18H22F2N2O5S. The first-order valence-corrected chi connectivity index (χ1v) is 10.7. The molecular weight excluding hydrogens is 394 g/mol. The van der Waals surface area contributed by atoms with Gasteiger partial charge in [0.1, 0.15) is 10.7 Å². The van der Waals surface area contributed by atoms with Crippen LogP contribution in [0.4, 0.5) is 8.78 Å². The number of halogens is 2. The van der Waals surface area contributed by atoms with Gasteiger partial charge in [0.25, 0.3) is 5.91 Å². The first-order chi connectivity index (χ1) is 13.3. The molecule has 28 heavy (non-hydrogen) atoms. The Bertz CT molecular complexity index is 876. The number of carbonyl (C=O) groups excluding carboxylic acids is 1. The summed E-state index contributed by atoms with van der Waals surface area (Å²) < 4.78 is 66.9. The topological polar surface area (TPSA) is 76.2 Å². The summed E-state index contributed by atoms with van der Waals surface area (Å²) in [6.07, 6.45) is 0.892. The lowest BCUT2D eigenvalue weighted by Crippen LogP contribution is -2.60. The van der Waals surface area contributed by atoms with Crippen LogP contribution < -0.4 is 0 Å². The molecule has 1 aromatic carbocycles. The molecule has 0 N–H and O–H groups in total. The van der Waals surface area contributed by atoms with Crippen molar-refractivity contribution >= 4 is 15.9 Å². The Kier molecular flexibility index (Phi) is 4.93. The van der Waals surface area contributed by atoms with Crippen molar-refractivity contribution in [2.45, 2.75) is 35.6 Å². The predicted octanol–water partition coefficient (Wildman–Crippen LogP) is 1.29. The van der Waals surface area contributed by atoms with Gasteiger partial charge in [0.05, 0.1) is 26.3 Å². The van der Waals surface area contributed by atoms with Gasteiger partial charge >= 0.3 is 0 Å². The van der Waals surface area contributed by atoms with E-state index >= 15 is 0 Å². The number of amides is 1. The van der Waals surface area contributed by atoms with Crippen LogP contribution in [0, 0.1) is 5.82 Å². The third-order valence-electron chi connectivity index (χ3n) is 5.31. The largest absolute Gasteiger partial charge is 0.347 e. The summed E-state index contributed by atoms with van der Waals surface area (Å²) in [5.41, 5.74) is -1.82. The fraction of sp³-hybridized carbons (Fsp3) is 0.611. The Labute approximate surface area is 162 Å². The molecule has 3 aliphatic rings. The molecule has 1 aromatic rings. The van der Waals surface area contributed by atoms with E-state index in [0.29, 0.717) is 13.0 Å². The lowest BCUT2D eigenvalue weighted by atomic mass is 10.2. The summed E-state index contributed by atoms with van der Waals surface area (Å²) in [5, 5.41) is 0. The highest BCUT2D eigenvalue weighted by molar-refractivity contribution is 7.89. The maximum Gasteiger partial charge on any atom is 0.260 e. The molecule has 0 aromatic heterocycles. The Morgan fingerprint density at radius 2 is 1.79 bits per heavy atom. The van der Waals surface area contributed by atoms with Crippen molar-refractivity contribution in [3.05, 3.63) is 30.1 Å². The quantitative estimate of drug-likeness (QED) is 0.742. The minimum Gasteiger partial charge on any atom is -0.347 e. The van der Waals surface area contributed by atoms with E-state index < -0.39 is 38.1 Å².